The Bertz CT molecular complexity index is 723. The molecular weight excluding hydrogens is 398 g/mol. The number of anilines is 1. The Labute approximate surface area is 172 Å². The van der Waals surface area contributed by atoms with E-state index in [0.717, 1.165) is 49.6 Å². The second kappa shape index (κ2) is 10.2. The number of unbranched alkanes of at least 4 members (excludes halogenated alkanes) is 2. The van der Waals surface area contributed by atoms with Gasteiger partial charge in [-0.1, -0.05) is 44.0 Å². The number of nitrogens with zero attached hydrogens (tertiary/aromatic N) is 3. The molecule has 0 saturated carbocycles. The van der Waals surface area contributed by atoms with Crippen molar-refractivity contribution in [1.29, 1.82) is 0 Å². The first-order valence-electron chi connectivity index (χ1n) is 10.3. The van der Waals surface area contributed by atoms with Gasteiger partial charge in [-0.2, -0.15) is 0 Å². The molecule has 0 bridgehead atoms. The molecule has 27 heavy (non-hydrogen) atoms. The van der Waals surface area contributed by atoms with E-state index >= 15 is 0 Å². The van der Waals surface area contributed by atoms with E-state index in [-0.39, 0.29) is 0 Å². The molecule has 0 amide bonds. The van der Waals surface area contributed by atoms with Crippen LogP contribution in [0.1, 0.15) is 42.9 Å². The average Bonchev–Trinajstić information content (AvgIpc) is 2.69. The van der Waals surface area contributed by atoms with Crippen molar-refractivity contribution in [2.45, 2.75) is 46.0 Å². The van der Waals surface area contributed by atoms with E-state index in [1.165, 1.54) is 36.8 Å². The molecule has 3 nitrogen and oxygen atoms in total. The minimum atomic E-state index is 0.913. The zero-order chi connectivity index (χ0) is 19.1. The van der Waals surface area contributed by atoms with Crippen LogP contribution in [0.25, 0.3) is 0 Å². The first-order chi connectivity index (χ1) is 13.2. The van der Waals surface area contributed by atoms with Crippen LogP contribution in [0, 0.1) is 6.92 Å². The fraction of sp³-hybridized carbons (Fsp3) is 0.522. The smallest absolute Gasteiger partial charge is 0.129 e. The van der Waals surface area contributed by atoms with Gasteiger partial charge in [0.25, 0.3) is 0 Å². The van der Waals surface area contributed by atoms with Gasteiger partial charge in [-0.15, -0.1) is 0 Å². The zero-order valence-corrected chi connectivity index (χ0v) is 18.3. The van der Waals surface area contributed by atoms with Gasteiger partial charge in [0.15, 0.2) is 0 Å². The lowest BCUT2D eigenvalue weighted by molar-refractivity contribution is 0.260. The molecular formula is C23H32BrN3. The number of aryl methyl sites for hydroxylation is 2. The molecule has 1 aromatic heterocycles. The summed E-state index contributed by atoms with van der Waals surface area (Å²) >= 11 is 3.47. The quantitative estimate of drug-likeness (QED) is 0.421. The molecule has 1 aromatic carbocycles. The highest BCUT2D eigenvalue weighted by atomic mass is 79.9. The van der Waals surface area contributed by atoms with Gasteiger partial charge in [-0.05, 0) is 70.9 Å². The highest BCUT2D eigenvalue weighted by molar-refractivity contribution is 9.10. The highest BCUT2D eigenvalue weighted by Gasteiger charge is 2.18. The van der Waals surface area contributed by atoms with Gasteiger partial charge < -0.3 is 4.90 Å². The third kappa shape index (κ3) is 6.05. The Hall–Kier alpha value is -1.39. The van der Waals surface area contributed by atoms with E-state index in [1.807, 2.05) is 6.07 Å². The third-order valence-electron chi connectivity index (χ3n) is 5.58. The lowest BCUT2D eigenvalue weighted by Gasteiger charge is -2.35. The van der Waals surface area contributed by atoms with E-state index in [0.29, 0.717) is 0 Å². The van der Waals surface area contributed by atoms with Crippen LogP contribution in [0.3, 0.4) is 0 Å². The molecule has 0 radical (unpaired) electrons. The van der Waals surface area contributed by atoms with Crippen molar-refractivity contribution >= 4 is 21.7 Å². The second-order valence-electron chi connectivity index (χ2n) is 7.62. The Morgan fingerprint density at radius 1 is 1.00 bits per heavy atom. The largest absolute Gasteiger partial charge is 0.354 e. The maximum absolute atomic E-state index is 4.59. The number of aromatic nitrogens is 1. The van der Waals surface area contributed by atoms with Crippen LogP contribution in [0.2, 0.25) is 0 Å². The summed E-state index contributed by atoms with van der Waals surface area (Å²) in [5.41, 5.74) is 4.49. The Balaban J connectivity index is 1.48. The second-order valence-corrected chi connectivity index (χ2v) is 8.43. The number of benzene rings is 1. The van der Waals surface area contributed by atoms with Gasteiger partial charge in [0, 0.05) is 32.7 Å². The van der Waals surface area contributed by atoms with Gasteiger partial charge >= 0.3 is 0 Å². The van der Waals surface area contributed by atoms with Gasteiger partial charge in [-0.3, -0.25) is 4.90 Å². The molecule has 3 rings (SSSR count). The Morgan fingerprint density at radius 2 is 1.81 bits per heavy atom. The van der Waals surface area contributed by atoms with Gasteiger partial charge in [0.05, 0.1) is 0 Å². The molecule has 1 saturated heterocycles. The van der Waals surface area contributed by atoms with Crippen molar-refractivity contribution in [3.8, 4) is 0 Å². The minimum absolute atomic E-state index is 0.913. The molecule has 0 aliphatic carbocycles. The molecule has 0 atom stereocenters. The number of piperazine rings is 1. The van der Waals surface area contributed by atoms with Crippen LogP contribution in [0.15, 0.2) is 41.0 Å². The van der Waals surface area contributed by atoms with Gasteiger partial charge in [0.1, 0.15) is 10.4 Å². The molecule has 2 heterocycles. The van der Waals surface area contributed by atoms with Gasteiger partial charge in [-0.25, -0.2) is 4.98 Å². The monoisotopic (exact) mass is 429 g/mol. The summed E-state index contributed by atoms with van der Waals surface area (Å²) < 4.78 is 0.913. The zero-order valence-electron chi connectivity index (χ0n) is 16.8. The topological polar surface area (TPSA) is 19.4 Å². The van der Waals surface area contributed by atoms with Gasteiger partial charge in [0.2, 0.25) is 0 Å². The summed E-state index contributed by atoms with van der Waals surface area (Å²) in [4.78, 5) is 9.56. The van der Waals surface area contributed by atoms with Crippen molar-refractivity contribution < 1.29 is 0 Å². The lowest BCUT2D eigenvalue weighted by Crippen LogP contribution is -2.47. The number of hydrogen-bond donors (Lipinski definition) is 0. The molecule has 146 valence electrons. The molecule has 1 aliphatic rings. The number of halogens is 1. The normalized spacial score (nSPS) is 15.3. The van der Waals surface area contributed by atoms with Crippen molar-refractivity contribution in [3.05, 3.63) is 57.7 Å². The Morgan fingerprint density at radius 3 is 2.56 bits per heavy atom. The van der Waals surface area contributed by atoms with E-state index in [9.17, 15) is 0 Å². The number of rotatable bonds is 8. The molecule has 0 unspecified atom stereocenters. The molecule has 1 aliphatic heterocycles. The summed E-state index contributed by atoms with van der Waals surface area (Å²) in [6.07, 6.45) is 6.31. The van der Waals surface area contributed by atoms with Crippen molar-refractivity contribution in [2.24, 2.45) is 0 Å². The maximum atomic E-state index is 4.59. The number of pyridine rings is 1. The minimum Gasteiger partial charge on any atom is -0.354 e. The first kappa shape index (κ1) is 20.3. The fourth-order valence-electron chi connectivity index (χ4n) is 3.78. The summed E-state index contributed by atoms with van der Waals surface area (Å²) in [6, 6.07) is 13.2. The van der Waals surface area contributed by atoms with Crippen molar-refractivity contribution in [3.63, 3.8) is 0 Å². The highest BCUT2D eigenvalue weighted by Crippen LogP contribution is 2.18. The molecule has 2 aromatic rings. The molecule has 0 spiro atoms. The average molecular weight is 430 g/mol. The van der Waals surface area contributed by atoms with E-state index in [1.54, 1.807) is 5.56 Å². The van der Waals surface area contributed by atoms with E-state index < -0.39 is 0 Å². The standard InChI is InChI=1S/C23H32BrN3/c1-3-4-5-7-21-18-20(11-10-19(21)2)12-13-26-14-16-27(17-15-26)23-9-6-8-22(24)25-23/h6,8-11,18H,3-5,7,12-17H2,1-2H3. The summed E-state index contributed by atoms with van der Waals surface area (Å²) in [5, 5.41) is 0. The first-order valence-corrected chi connectivity index (χ1v) is 11.1. The van der Waals surface area contributed by atoms with Crippen LogP contribution in [0.5, 0.6) is 0 Å². The van der Waals surface area contributed by atoms with Crippen LogP contribution in [0.4, 0.5) is 5.82 Å². The molecule has 1 fully saturated rings. The SMILES string of the molecule is CCCCCc1cc(CCN2CCN(c3cccc(Br)n3)CC2)ccc1C. The molecule has 4 heteroatoms. The van der Waals surface area contributed by atoms with E-state index in [4.69, 9.17) is 0 Å². The molecule has 0 N–H and O–H groups in total. The predicted molar refractivity (Wildman–Crippen MR) is 119 cm³/mol. The predicted octanol–water partition coefficient (Wildman–Crippen LogP) is 5.25. The summed E-state index contributed by atoms with van der Waals surface area (Å²) in [6.45, 7) is 10.0. The van der Waals surface area contributed by atoms with Crippen molar-refractivity contribution in [2.75, 3.05) is 37.6 Å². The maximum Gasteiger partial charge on any atom is 0.129 e. The van der Waals surface area contributed by atoms with Crippen LogP contribution >= 0.6 is 15.9 Å². The Kier molecular flexibility index (Phi) is 7.71. The van der Waals surface area contributed by atoms with Crippen LogP contribution < -0.4 is 4.90 Å². The van der Waals surface area contributed by atoms with E-state index in [2.05, 4.69) is 74.9 Å². The number of hydrogen-bond acceptors (Lipinski definition) is 3. The van der Waals surface area contributed by atoms with Crippen molar-refractivity contribution in [1.82, 2.24) is 9.88 Å². The third-order valence-corrected chi connectivity index (χ3v) is 6.02. The van der Waals surface area contributed by atoms with Crippen LogP contribution in [-0.2, 0) is 12.8 Å². The fourth-order valence-corrected chi connectivity index (χ4v) is 4.11. The lowest BCUT2D eigenvalue weighted by atomic mass is 9.98. The van der Waals surface area contributed by atoms with Crippen LogP contribution in [-0.4, -0.2) is 42.6 Å². The summed E-state index contributed by atoms with van der Waals surface area (Å²) in [7, 11) is 0. The summed E-state index contributed by atoms with van der Waals surface area (Å²) in [5.74, 6) is 1.08.